The lowest BCUT2D eigenvalue weighted by molar-refractivity contribution is 0.557. The summed E-state index contributed by atoms with van der Waals surface area (Å²) >= 11 is 10.8. The highest BCUT2D eigenvalue weighted by atomic mass is 79.9. The van der Waals surface area contributed by atoms with Gasteiger partial charge in [-0.2, -0.15) is 5.10 Å². The Morgan fingerprint density at radius 2 is 2.29 bits per heavy atom. The van der Waals surface area contributed by atoms with E-state index in [0.717, 1.165) is 36.0 Å². The van der Waals surface area contributed by atoms with E-state index in [4.69, 9.17) is 11.6 Å². The molecule has 6 heteroatoms. The molecule has 0 atom stereocenters. The van der Waals surface area contributed by atoms with E-state index in [1.165, 1.54) is 5.01 Å². The molecule has 0 saturated carbocycles. The van der Waals surface area contributed by atoms with Gasteiger partial charge in [0.1, 0.15) is 0 Å². The summed E-state index contributed by atoms with van der Waals surface area (Å²) in [5, 5.41) is 7.43. The molecule has 0 spiro atoms. The van der Waals surface area contributed by atoms with Gasteiger partial charge in [0.25, 0.3) is 0 Å². The van der Waals surface area contributed by atoms with Crippen molar-refractivity contribution in [3.8, 4) is 0 Å². The highest BCUT2D eigenvalue weighted by Gasteiger charge is 2.01. The van der Waals surface area contributed by atoms with E-state index in [-0.39, 0.29) is 0 Å². The van der Waals surface area contributed by atoms with Crippen LogP contribution in [-0.2, 0) is 18.8 Å². The van der Waals surface area contributed by atoms with Gasteiger partial charge < -0.3 is 0 Å². The standard InChI is InChI=1S/C11H13BrClN3S/c12-9-6-14-16(7-9)4-2-1-3-11-15-10(5-13)8-17-11/h6-8H,1-5H2. The molecule has 0 aliphatic rings. The molecule has 0 N–H and O–H groups in total. The van der Waals surface area contributed by atoms with Gasteiger partial charge in [0, 0.05) is 18.1 Å². The summed E-state index contributed by atoms with van der Waals surface area (Å²) in [6.45, 7) is 0.958. The topological polar surface area (TPSA) is 30.7 Å². The minimum atomic E-state index is 0.512. The van der Waals surface area contributed by atoms with Crippen LogP contribution in [0.5, 0.6) is 0 Å². The number of alkyl halides is 1. The molecule has 2 aromatic heterocycles. The lowest BCUT2D eigenvalue weighted by atomic mass is 10.2. The number of rotatable bonds is 6. The molecule has 2 aromatic rings. The molecule has 0 unspecified atom stereocenters. The van der Waals surface area contributed by atoms with E-state index < -0.39 is 0 Å². The van der Waals surface area contributed by atoms with E-state index in [0.29, 0.717) is 5.88 Å². The Hall–Kier alpha value is -0.390. The van der Waals surface area contributed by atoms with Crippen molar-refractivity contribution >= 4 is 38.9 Å². The second-order valence-electron chi connectivity index (χ2n) is 3.74. The minimum absolute atomic E-state index is 0.512. The van der Waals surface area contributed by atoms with Crippen LogP contribution in [0.25, 0.3) is 0 Å². The second-order valence-corrected chi connectivity index (χ2v) is 5.87. The number of unbranched alkanes of at least 4 members (excludes halogenated alkanes) is 1. The van der Waals surface area contributed by atoms with E-state index >= 15 is 0 Å². The van der Waals surface area contributed by atoms with Gasteiger partial charge in [0.2, 0.25) is 0 Å². The predicted molar refractivity (Wildman–Crippen MR) is 74.5 cm³/mol. The van der Waals surface area contributed by atoms with Crippen LogP contribution in [0, 0.1) is 0 Å². The monoisotopic (exact) mass is 333 g/mol. The molecule has 0 aliphatic heterocycles. The van der Waals surface area contributed by atoms with Gasteiger partial charge in [-0.1, -0.05) is 0 Å². The summed E-state index contributed by atoms with van der Waals surface area (Å²) in [5.74, 6) is 0.512. The Kier molecular flexibility index (Phi) is 5.00. The molecular weight excluding hydrogens is 322 g/mol. The van der Waals surface area contributed by atoms with Crippen LogP contribution in [0.15, 0.2) is 22.2 Å². The molecule has 17 heavy (non-hydrogen) atoms. The largest absolute Gasteiger partial charge is 0.272 e. The first-order valence-corrected chi connectivity index (χ1v) is 7.66. The normalized spacial score (nSPS) is 10.9. The summed E-state index contributed by atoms with van der Waals surface area (Å²) in [6, 6.07) is 0. The van der Waals surface area contributed by atoms with Gasteiger partial charge in [0.05, 0.1) is 27.3 Å². The van der Waals surface area contributed by atoms with Crippen molar-refractivity contribution in [2.75, 3.05) is 0 Å². The van der Waals surface area contributed by atoms with E-state index in [1.807, 2.05) is 22.5 Å². The number of hydrogen-bond donors (Lipinski definition) is 0. The Bertz CT molecular complexity index is 469. The zero-order valence-corrected chi connectivity index (χ0v) is 12.4. The average Bonchev–Trinajstić information content (AvgIpc) is 2.93. The highest BCUT2D eigenvalue weighted by Crippen LogP contribution is 2.14. The molecule has 0 aromatic carbocycles. The molecule has 0 fully saturated rings. The Labute approximate surface area is 118 Å². The molecule has 0 saturated heterocycles. The van der Waals surface area contributed by atoms with Crippen molar-refractivity contribution in [1.82, 2.24) is 14.8 Å². The minimum Gasteiger partial charge on any atom is -0.272 e. The fraction of sp³-hybridized carbons (Fsp3) is 0.455. The quantitative estimate of drug-likeness (QED) is 0.593. The van der Waals surface area contributed by atoms with Crippen molar-refractivity contribution in [1.29, 1.82) is 0 Å². The fourth-order valence-corrected chi connectivity index (χ4v) is 2.93. The van der Waals surface area contributed by atoms with E-state index in [2.05, 4.69) is 26.0 Å². The third-order valence-corrected chi connectivity index (χ3v) is 4.01. The summed E-state index contributed by atoms with van der Waals surface area (Å²) < 4.78 is 2.99. The highest BCUT2D eigenvalue weighted by molar-refractivity contribution is 9.10. The lowest BCUT2D eigenvalue weighted by Crippen LogP contribution is -1.98. The van der Waals surface area contributed by atoms with Crippen LogP contribution in [-0.4, -0.2) is 14.8 Å². The van der Waals surface area contributed by atoms with Gasteiger partial charge in [-0.25, -0.2) is 4.98 Å². The van der Waals surface area contributed by atoms with Crippen molar-refractivity contribution in [3.63, 3.8) is 0 Å². The number of aromatic nitrogens is 3. The van der Waals surface area contributed by atoms with Crippen LogP contribution in [0.3, 0.4) is 0 Å². The number of halogens is 2. The molecule has 3 nitrogen and oxygen atoms in total. The third-order valence-electron chi connectivity index (χ3n) is 2.37. The molecule has 0 bridgehead atoms. The first-order chi connectivity index (χ1) is 8.28. The number of thiazole rings is 1. The van der Waals surface area contributed by atoms with E-state index in [1.54, 1.807) is 11.3 Å². The summed E-state index contributed by atoms with van der Waals surface area (Å²) in [5.41, 5.74) is 0.989. The second kappa shape index (κ2) is 6.52. The molecule has 0 amide bonds. The lowest BCUT2D eigenvalue weighted by Gasteiger charge is -2.00. The summed E-state index contributed by atoms with van der Waals surface area (Å²) in [7, 11) is 0. The van der Waals surface area contributed by atoms with Crippen molar-refractivity contribution in [2.45, 2.75) is 31.7 Å². The molecular formula is C11H13BrClN3S. The summed E-state index contributed by atoms with van der Waals surface area (Å²) in [6.07, 6.45) is 7.09. The van der Waals surface area contributed by atoms with Crippen LogP contribution < -0.4 is 0 Å². The fourth-order valence-electron chi connectivity index (χ4n) is 1.54. The molecule has 0 aliphatic carbocycles. The Morgan fingerprint density at radius 1 is 1.41 bits per heavy atom. The van der Waals surface area contributed by atoms with Gasteiger partial charge in [0.15, 0.2) is 0 Å². The number of hydrogen-bond acceptors (Lipinski definition) is 3. The zero-order valence-electron chi connectivity index (χ0n) is 9.27. The Morgan fingerprint density at radius 3 is 2.94 bits per heavy atom. The molecule has 92 valence electrons. The summed E-state index contributed by atoms with van der Waals surface area (Å²) in [4.78, 5) is 4.43. The third kappa shape index (κ3) is 4.08. The number of aryl methyl sites for hydroxylation is 2. The van der Waals surface area contributed by atoms with Gasteiger partial charge in [-0.15, -0.1) is 22.9 Å². The van der Waals surface area contributed by atoms with E-state index in [9.17, 15) is 0 Å². The van der Waals surface area contributed by atoms with Gasteiger partial charge >= 0.3 is 0 Å². The van der Waals surface area contributed by atoms with Crippen molar-refractivity contribution in [3.05, 3.63) is 32.9 Å². The average molecular weight is 335 g/mol. The van der Waals surface area contributed by atoms with Crippen LogP contribution >= 0.6 is 38.9 Å². The zero-order chi connectivity index (χ0) is 12.1. The predicted octanol–water partition coefficient (Wildman–Crippen LogP) is 3.86. The van der Waals surface area contributed by atoms with Gasteiger partial charge in [-0.05, 0) is 35.2 Å². The maximum Gasteiger partial charge on any atom is 0.0928 e. The number of nitrogens with zero attached hydrogens (tertiary/aromatic N) is 3. The first kappa shape index (κ1) is 13.1. The van der Waals surface area contributed by atoms with Crippen molar-refractivity contribution < 1.29 is 0 Å². The molecule has 2 heterocycles. The van der Waals surface area contributed by atoms with Gasteiger partial charge in [-0.3, -0.25) is 4.68 Å². The smallest absolute Gasteiger partial charge is 0.0928 e. The maximum absolute atomic E-state index is 5.71. The van der Waals surface area contributed by atoms with Crippen LogP contribution in [0.1, 0.15) is 23.5 Å². The maximum atomic E-state index is 5.71. The molecule has 0 radical (unpaired) electrons. The van der Waals surface area contributed by atoms with Crippen LogP contribution in [0.4, 0.5) is 0 Å². The Balaban J connectivity index is 1.69. The SMILES string of the molecule is ClCc1csc(CCCCn2cc(Br)cn2)n1. The molecule has 2 rings (SSSR count). The van der Waals surface area contributed by atoms with Crippen molar-refractivity contribution in [2.24, 2.45) is 0 Å². The first-order valence-electron chi connectivity index (χ1n) is 5.45. The van der Waals surface area contributed by atoms with Crippen LogP contribution in [0.2, 0.25) is 0 Å².